The molecule has 19 heavy (non-hydrogen) atoms. The maximum absolute atomic E-state index is 3.66. The minimum absolute atomic E-state index is 0.399. The van der Waals surface area contributed by atoms with E-state index in [-0.39, 0.29) is 0 Å². The molecule has 0 spiro atoms. The van der Waals surface area contributed by atoms with E-state index in [4.69, 9.17) is 0 Å². The van der Waals surface area contributed by atoms with Crippen molar-refractivity contribution in [2.24, 2.45) is 0 Å². The molecule has 0 aliphatic heterocycles. The number of nitrogens with one attached hydrogen (secondary N) is 1. The van der Waals surface area contributed by atoms with Crippen LogP contribution in [0.25, 0.3) is 0 Å². The van der Waals surface area contributed by atoms with Gasteiger partial charge < -0.3 is 5.32 Å². The molecule has 0 saturated heterocycles. The molecular formula is C17H24BrN. The van der Waals surface area contributed by atoms with Crippen LogP contribution in [0, 0.1) is 13.8 Å². The molecule has 0 amide bonds. The zero-order chi connectivity index (χ0) is 13.8. The zero-order valence-corrected chi connectivity index (χ0v) is 13.8. The fourth-order valence-corrected chi connectivity index (χ4v) is 3.17. The average Bonchev–Trinajstić information content (AvgIpc) is 2.42. The second-order valence-corrected chi connectivity index (χ2v) is 6.28. The van der Waals surface area contributed by atoms with Gasteiger partial charge in [0, 0.05) is 4.47 Å². The Balaban J connectivity index is 2.35. The standard InChI is InChI=1S/C17H24BrN/c1-4-19-17(14-8-6-5-7-9-14)15-10-12(2)16(18)13(3)11-15/h8,10-11,17,19H,4-7,9H2,1-3H3. The van der Waals surface area contributed by atoms with E-state index in [2.05, 4.69) is 60.2 Å². The van der Waals surface area contributed by atoms with E-state index in [0.717, 1.165) is 6.54 Å². The summed E-state index contributed by atoms with van der Waals surface area (Å²) >= 11 is 3.66. The highest BCUT2D eigenvalue weighted by molar-refractivity contribution is 9.10. The van der Waals surface area contributed by atoms with Crippen molar-refractivity contribution in [3.8, 4) is 0 Å². The van der Waals surface area contributed by atoms with Gasteiger partial charge in [-0.1, -0.05) is 46.6 Å². The molecule has 0 aromatic heterocycles. The third kappa shape index (κ3) is 3.49. The lowest BCUT2D eigenvalue weighted by Crippen LogP contribution is -2.24. The van der Waals surface area contributed by atoms with Gasteiger partial charge in [0.15, 0.2) is 0 Å². The number of rotatable bonds is 4. The quantitative estimate of drug-likeness (QED) is 0.750. The molecule has 1 N–H and O–H groups in total. The van der Waals surface area contributed by atoms with Crippen molar-refractivity contribution in [2.45, 2.75) is 52.5 Å². The number of benzene rings is 1. The Morgan fingerprint density at radius 3 is 2.42 bits per heavy atom. The molecular weight excluding hydrogens is 298 g/mol. The van der Waals surface area contributed by atoms with Crippen molar-refractivity contribution < 1.29 is 0 Å². The number of halogens is 1. The molecule has 0 bridgehead atoms. The number of hydrogen-bond acceptors (Lipinski definition) is 1. The van der Waals surface area contributed by atoms with Crippen LogP contribution in [0.15, 0.2) is 28.3 Å². The summed E-state index contributed by atoms with van der Waals surface area (Å²) in [5.74, 6) is 0. The summed E-state index contributed by atoms with van der Waals surface area (Å²) in [5, 5.41) is 3.66. The molecule has 104 valence electrons. The summed E-state index contributed by atoms with van der Waals surface area (Å²) in [6, 6.07) is 5.04. The first-order chi connectivity index (χ1) is 9.13. The Bertz CT molecular complexity index is 453. The summed E-state index contributed by atoms with van der Waals surface area (Å²) in [6.07, 6.45) is 7.62. The lowest BCUT2D eigenvalue weighted by molar-refractivity contribution is 0.563. The van der Waals surface area contributed by atoms with Gasteiger partial charge in [0.2, 0.25) is 0 Å². The lowest BCUT2D eigenvalue weighted by atomic mass is 9.88. The summed E-state index contributed by atoms with van der Waals surface area (Å²) in [5.41, 5.74) is 5.64. The second-order valence-electron chi connectivity index (χ2n) is 5.48. The summed E-state index contributed by atoms with van der Waals surface area (Å²) in [4.78, 5) is 0. The van der Waals surface area contributed by atoms with Crippen molar-refractivity contribution in [3.05, 3.63) is 44.9 Å². The Kier molecular flexibility index (Phi) is 5.23. The molecule has 1 aromatic rings. The molecule has 1 aliphatic rings. The highest BCUT2D eigenvalue weighted by atomic mass is 79.9. The van der Waals surface area contributed by atoms with E-state index in [1.54, 1.807) is 5.57 Å². The van der Waals surface area contributed by atoms with Crippen LogP contribution in [0.3, 0.4) is 0 Å². The molecule has 1 aliphatic carbocycles. The van der Waals surface area contributed by atoms with E-state index in [0.29, 0.717) is 6.04 Å². The summed E-state index contributed by atoms with van der Waals surface area (Å²) in [6.45, 7) is 7.56. The second kappa shape index (κ2) is 6.71. The van der Waals surface area contributed by atoms with Crippen molar-refractivity contribution in [1.29, 1.82) is 0 Å². The van der Waals surface area contributed by atoms with Crippen LogP contribution < -0.4 is 5.32 Å². The van der Waals surface area contributed by atoms with Crippen LogP contribution in [0.1, 0.15) is 55.3 Å². The SMILES string of the molecule is CCNC(C1=CCCCC1)c1cc(C)c(Br)c(C)c1. The molecule has 1 unspecified atom stereocenters. The minimum Gasteiger partial charge on any atom is -0.307 e. The highest BCUT2D eigenvalue weighted by Crippen LogP contribution is 2.33. The van der Waals surface area contributed by atoms with Crippen LogP contribution in [0.4, 0.5) is 0 Å². The smallest absolute Gasteiger partial charge is 0.0536 e. The van der Waals surface area contributed by atoms with Crippen LogP contribution in [0.2, 0.25) is 0 Å². The highest BCUT2D eigenvalue weighted by Gasteiger charge is 2.18. The Morgan fingerprint density at radius 2 is 1.89 bits per heavy atom. The fourth-order valence-electron chi connectivity index (χ4n) is 2.94. The monoisotopic (exact) mass is 321 g/mol. The number of aryl methyl sites for hydroxylation is 2. The Morgan fingerprint density at radius 1 is 1.21 bits per heavy atom. The van der Waals surface area contributed by atoms with Gasteiger partial charge in [0.25, 0.3) is 0 Å². The summed E-state index contributed by atoms with van der Waals surface area (Å²) < 4.78 is 1.24. The van der Waals surface area contributed by atoms with E-state index >= 15 is 0 Å². The first-order valence-electron chi connectivity index (χ1n) is 7.32. The maximum atomic E-state index is 3.66. The van der Waals surface area contributed by atoms with Crippen LogP contribution in [0.5, 0.6) is 0 Å². The number of allylic oxidation sites excluding steroid dienone is 1. The first kappa shape index (κ1) is 14.8. The largest absolute Gasteiger partial charge is 0.307 e. The molecule has 1 nitrogen and oxygen atoms in total. The van der Waals surface area contributed by atoms with E-state index in [1.807, 2.05) is 0 Å². The van der Waals surface area contributed by atoms with Gasteiger partial charge in [0.1, 0.15) is 0 Å². The van der Waals surface area contributed by atoms with Gasteiger partial charge in [-0.15, -0.1) is 0 Å². The molecule has 1 atom stereocenters. The zero-order valence-electron chi connectivity index (χ0n) is 12.2. The predicted molar refractivity (Wildman–Crippen MR) is 86.6 cm³/mol. The third-order valence-electron chi connectivity index (χ3n) is 3.90. The molecule has 0 heterocycles. The molecule has 2 heteroatoms. The Hall–Kier alpha value is -0.600. The van der Waals surface area contributed by atoms with Gasteiger partial charge in [0.05, 0.1) is 6.04 Å². The average molecular weight is 322 g/mol. The molecule has 2 rings (SSSR count). The third-order valence-corrected chi connectivity index (χ3v) is 5.15. The van der Waals surface area contributed by atoms with E-state index in [9.17, 15) is 0 Å². The lowest BCUT2D eigenvalue weighted by Gasteiger charge is -2.25. The Labute approximate surface area is 125 Å². The van der Waals surface area contributed by atoms with Gasteiger partial charge >= 0.3 is 0 Å². The van der Waals surface area contributed by atoms with Gasteiger partial charge in [-0.05, 0) is 62.8 Å². The predicted octanol–water partition coefficient (Wildman–Crippen LogP) is 5.22. The molecule has 0 radical (unpaired) electrons. The summed E-state index contributed by atoms with van der Waals surface area (Å²) in [7, 11) is 0. The number of hydrogen-bond donors (Lipinski definition) is 1. The van der Waals surface area contributed by atoms with Crippen molar-refractivity contribution >= 4 is 15.9 Å². The normalized spacial score (nSPS) is 17.2. The number of likely N-dealkylation sites (N-methyl/N-ethyl adjacent to an activating group) is 1. The first-order valence-corrected chi connectivity index (χ1v) is 8.11. The molecule has 1 aromatic carbocycles. The van der Waals surface area contributed by atoms with E-state index in [1.165, 1.54) is 46.8 Å². The van der Waals surface area contributed by atoms with Crippen molar-refractivity contribution in [2.75, 3.05) is 6.54 Å². The van der Waals surface area contributed by atoms with Crippen LogP contribution >= 0.6 is 15.9 Å². The van der Waals surface area contributed by atoms with Crippen LogP contribution in [-0.2, 0) is 0 Å². The topological polar surface area (TPSA) is 12.0 Å². The van der Waals surface area contributed by atoms with Crippen molar-refractivity contribution in [1.82, 2.24) is 5.32 Å². The fraction of sp³-hybridized carbons (Fsp3) is 0.529. The van der Waals surface area contributed by atoms with Crippen molar-refractivity contribution in [3.63, 3.8) is 0 Å². The van der Waals surface area contributed by atoms with Gasteiger partial charge in [-0.3, -0.25) is 0 Å². The molecule has 0 fully saturated rings. The van der Waals surface area contributed by atoms with Gasteiger partial charge in [-0.2, -0.15) is 0 Å². The van der Waals surface area contributed by atoms with Crippen LogP contribution in [-0.4, -0.2) is 6.54 Å². The van der Waals surface area contributed by atoms with Gasteiger partial charge in [-0.25, -0.2) is 0 Å². The minimum atomic E-state index is 0.399. The van der Waals surface area contributed by atoms with E-state index < -0.39 is 0 Å². The molecule has 0 saturated carbocycles. The maximum Gasteiger partial charge on any atom is 0.0536 e.